The first-order valence-electron chi connectivity index (χ1n) is 9.97. The van der Waals surface area contributed by atoms with Crippen molar-refractivity contribution in [3.63, 3.8) is 0 Å². The van der Waals surface area contributed by atoms with Crippen molar-refractivity contribution < 1.29 is 4.74 Å². The summed E-state index contributed by atoms with van der Waals surface area (Å²) in [7, 11) is 0. The van der Waals surface area contributed by atoms with E-state index in [-0.39, 0.29) is 0 Å². The number of hydrogen-bond acceptors (Lipinski definition) is 6. The Labute approximate surface area is 172 Å². The van der Waals surface area contributed by atoms with Crippen molar-refractivity contribution in [3.05, 3.63) is 65.4 Å². The molecule has 0 aliphatic carbocycles. The van der Waals surface area contributed by atoms with Crippen LogP contribution in [0.25, 0.3) is 0 Å². The molecule has 2 N–H and O–H groups in total. The molecule has 150 valence electrons. The molecule has 2 heterocycles. The molecule has 0 unspecified atom stereocenters. The van der Waals surface area contributed by atoms with E-state index in [9.17, 15) is 0 Å². The van der Waals surface area contributed by atoms with E-state index in [1.807, 2.05) is 19.1 Å². The van der Waals surface area contributed by atoms with E-state index in [0.717, 1.165) is 54.9 Å². The topological polar surface area (TPSA) is 62.3 Å². The number of nitrogens with zero attached hydrogens (tertiary/aromatic N) is 3. The third kappa shape index (κ3) is 4.66. The van der Waals surface area contributed by atoms with Gasteiger partial charge in [-0.2, -0.15) is 4.98 Å². The molecule has 4 rings (SSSR count). The van der Waals surface area contributed by atoms with Gasteiger partial charge in [-0.3, -0.25) is 0 Å². The van der Waals surface area contributed by atoms with E-state index in [1.54, 1.807) is 0 Å². The van der Waals surface area contributed by atoms with Gasteiger partial charge in [-0.1, -0.05) is 24.3 Å². The van der Waals surface area contributed by atoms with Crippen molar-refractivity contribution in [2.75, 3.05) is 41.8 Å². The number of aryl methyl sites for hydroxylation is 3. The summed E-state index contributed by atoms with van der Waals surface area (Å²) >= 11 is 0. The zero-order valence-corrected chi connectivity index (χ0v) is 17.2. The monoisotopic (exact) mass is 389 g/mol. The number of ether oxygens (including phenoxy) is 1. The molecule has 1 fully saturated rings. The first-order valence-corrected chi connectivity index (χ1v) is 9.97. The van der Waals surface area contributed by atoms with Gasteiger partial charge in [0.2, 0.25) is 5.95 Å². The van der Waals surface area contributed by atoms with Crippen LogP contribution in [0.5, 0.6) is 0 Å². The molecule has 29 heavy (non-hydrogen) atoms. The Bertz CT molecular complexity index is 998. The Morgan fingerprint density at radius 1 is 0.862 bits per heavy atom. The maximum atomic E-state index is 5.49. The molecule has 3 aromatic rings. The van der Waals surface area contributed by atoms with Gasteiger partial charge in [0.1, 0.15) is 5.82 Å². The summed E-state index contributed by atoms with van der Waals surface area (Å²) in [6, 6.07) is 16.6. The Morgan fingerprint density at radius 2 is 1.66 bits per heavy atom. The smallest absolute Gasteiger partial charge is 0.229 e. The van der Waals surface area contributed by atoms with Gasteiger partial charge in [0.25, 0.3) is 0 Å². The highest BCUT2D eigenvalue weighted by Gasteiger charge is 2.15. The van der Waals surface area contributed by atoms with Gasteiger partial charge in [0, 0.05) is 30.5 Å². The number of rotatable bonds is 5. The summed E-state index contributed by atoms with van der Waals surface area (Å²) in [5, 5.41) is 6.86. The normalized spacial score (nSPS) is 14.0. The Hall–Kier alpha value is -3.12. The van der Waals surface area contributed by atoms with Gasteiger partial charge in [0.15, 0.2) is 0 Å². The van der Waals surface area contributed by atoms with Crippen LogP contribution in [0.1, 0.15) is 16.8 Å². The number of aromatic nitrogens is 2. The van der Waals surface area contributed by atoms with Gasteiger partial charge >= 0.3 is 0 Å². The largest absolute Gasteiger partial charge is 0.378 e. The molecule has 0 amide bonds. The van der Waals surface area contributed by atoms with E-state index < -0.39 is 0 Å². The lowest BCUT2D eigenvalue weighted by atomic mass is 10.1. The second-order valence-electron chi connectivity index (χ2n) is 7.40. The zero-order chi connectivity index (χ0) is 20.2. The van der Waals surface area contributed by atoms with Crippen LogP contribution < -0.4 is 15.5 Å². The summed E-state index contributed by atoms with van der Waals surface area (Å²) in [6.07, 6.45) is 0. The van der Waals surface area contributed by atoms with E-state index in [1.165, 1.54) is 11.1 Å². The molecule has 1 aliphatic heterocycles. The van der Waals surface area contributed by atoms with Crippen LogP contribution in [0.4, 0.5) is 28.8 Å². The highest BCUT2D eigenvalue weighted by molar-refractivity contribution is 5.74. The lowest BCUT2D eigenvalue weighted by molar-refractivity contribution is 0.123. The fourth-order valence-electron chi connectivity index (χ4n) is 3.48. The lowest BCUT2D eigenvalue weighted by Gasteiger charge is -2.30. The molecule has 2 aromatic carbocycles. The van der Waals surface area contributed by atoms with Crippen molar-refractivity contribution >= 4 is 28.8 Å². The molecule has 6 heteroatoms. The second-order valence-corrected chi connectivity index (χ2v) is 7.40. The van der Waals surface area contributed by atoms with Crippen LogP contribution in [0, 0.1) is 20.8 Å². The SMILES string of the molecule is Cc1ccc(C)c(Nc2cc(C)nc(Nc3ccccc3N3CCOCC3)n2)c1. The fourth-order valence-corrected chi connectivity index (χ4v) is 3.48. The molecular formula is C23H27N5O. The highest BCUT2D eigenvalue weighted by atomic mass is 16.5. The Kier molecular flexibility index (Phi) is 5.62. The Morgan fingerprint density at radius 3 is 2.48 bits per heavy atom. The number of para-hydroxylation sites is 2. The number of morpholine rings is 1. The third-order valence-electron chi connectivity index (χ3n) is 5.01. The summed E-state index contributed by atoms with van der Waals surface area (Å²) in [5.41, 5.74) is 6.49. The molecule has 0 radical (unpaired) electrons. The van der Waals surface area contributed by atoms with E-state index in [4.69, 9.17) is 9.72 Å². The van der Waals surface area contributed by atoms with Crippen molar-refractivity contribution in [2.45, 2.75) is 20.8 Å². The van der Waals surface area contributed by atoms with Crippen LogP contribution in [0.2, 0.25) is 0 Å². The predicted octanol–water partition coefficient (Wildman–Crippen LogP) is 4.73. The van der Waals surface area contributed by atoms with E-state index >= 15 is 0 Å². The standard InChI is InChI=1S/C23H27N5O/c1-16-8-9-17(2)20(14-16)25-22-15-18(3)24-23(27-22)26-19-6-4-5-7-21(19)28-10-12-29-13-11-28/h4-9,14-15H,10-13H2,1-3H3,(H2,24,25,26,27). The molecule has 0 spiro atoms. The second kappa shape index (κ2) is 8.49. The van der Waals surface area contributed by atoms with Crippen LogP contribution in [0.15, 0.2) is 48.5 Å². The summed E-state index contributed by atoms with van der Waals surface area (Å²) < 4.78 is 5.49. The van der Waals surface area contributed by atoms with Crippen molar-refractivity contribution in [1.29, 1.82) is 0 Å². The fraction of sp³-hybridized carbons (Fsp3) is 0.304. The highest BCUT2D eigenvalue weighted by Crippen LogP contribution is 2.29. The number of anilines is 5. The molecule has 0 atom stereocenters. The van der Waals surface area contributed by atoms with Crippen LogP contribution in [-0.2, 0) is 4.74 Å². The summed E-state index contributed by atoms with van der Waals surface area (Å²) in [5.74, 6) is 1.36. The molecule has 0 bridgehead atoms. The Balaban J connectivity index is 1.59. The van der Waals surface area contributed by atoms with Crippen LogP contribution >= 0.6 is 0 Å². The van der Waals surface area contributed by atoms with Gasteiger partial charge in [-0.05, 0) is 50.1 Å². The number of nitrogens with one attached hydrogen (secondary N) is 2. The van der Waals surface area contributed by atoms with Crippen LogP contribution in [-0.4, -0.2) is 36.3 Å². The molecule has 1 saturated heterocycles. The molecule has 0 saturated carbocycles. The quantitative estimate of drug-likeness (QED) is 0.658. The molecule has 1 aliphatic rings. The first-order chi connectivity index (χ1) is 14.1. The van der Waals surface area contributed by atoms with E-state index in [2.05, 4.69) is 70.8 Å². The van der Waals surface area contributed by atoms with Crippen molar-refractivity contribution in [1.82, 2.24) is 9.97 Å². The van der Waals surface area contributed by atoms with Crippen LogP contribution in [0.3, 0.4) is 0 Å². The summed E-state index contributed by atoms with van der Waals surface area (Å²) in [6.45, 7) is 9.42. The third-order valence-corrected chi connectivity index (χ3v) is 5.01. The van der Waals surface area contributed by atoms with Gasteiger partial charge < -0.3 is 20.3 Å². The van der Waals surface area contributed by atoms with Crippen molar-refractivity contribution in [2.24, 2.45) is 0 Å². The predicted molar refractivity (Wildman–Crippen MR) is 119 cm³/mol. The molecular weight excluding hydrogens is 362 g/mol. The maximum absolute atomic E-state index is 5.49. The lowest BCUT2D eigenvalue weighted by Crippen LogP contribution is -2.36. The van der Waals surface area contributed by atoms with Crippen molar-refractivity contribution in [3.8, 4) is 0 Å². The minimum Gasteiger partial charge on any atom is -0.378 e. The zero-order valence-electron chi connectivity index (χ0n) is 17.2. The van der Waals surface area contributed by atoms with Gasteiger partial charge in [-0.15, -0.1) is 0 Å². The van der Waals surface area contributed by atoms with Gasteiger partial charge in [-0.25, -0.2) is 4.98 Å². The average Bonchev–Trinajstić information content (AvgIpc) is 2.71. The molecule has 6 nitrogen and oxygen atoms in total. The van der Waals surface area contributed by atoms with Gasteiger partial charge in [0.05, 0.1) is 24.6 Å². The minimum absolute atomic E-state index is 0.582. The maximum Gasteiger partial charge on any atom is 0.229 e. The van der Waals surface area contributed by atoms with E-state index in [0.29, 0.717) is 5.95 Å². The summed E-state index contributed by atoms with van der Waals surface area (Å²) in [4.78, 5) is 11.6. The number of benzene rings is 2. The number of hydrogen-bond donors (Lipinski definition) is 2. The first kappa shape index (κ1) is 19.2. The average molecular weight is 390 g/mol. The minimum atomic E-state index is 0.582. The molecule has 1 aromatic heterocycles.